The maximum atomic E-state index is 9.86. The normalized spacial score (nSPS) is 10.7. The van der Waals surface area contributed by atoms with Crippen LogP contribution in [0, 0.1) is 6.92 Å². The number of phenolic OH excluding ortho intramolecular Hbond substituents is 1. The maximum Gasteiger partial charge on any atom is 0.364 e. The molecule has 0 unspecified atom stereocenters. The smallest absolute Gasteiger partial charge is 0.364 e. The molecule has 1 N–H and O–H groups in total. The number of aromatic hydroxyl groups is 1. The van der Waals surface area contributed by atoms with Crippen molar-refractivity contribution in [3.63, 3.8) is 0 Å². The van der Waals surface area contributed by atoms with Crippen molar-refractivity contribution >= 4 is 11.0 Å². The topological polar surface area (TPSA) is 50.0 Å². The average Bonchev–Trinajstić information content (AvgIpc) is 2.54. The van der Waals surface area contributed by atoms with Crippen LogP contribution in [0.2, 0.25) is 0 Å². The Bertz CT molecular complexity index is 823. The first-order chi connectivity index (χ1) is 10.6. The molecule has 0 spiro atoms. The molecular weight excluding hydrogens is 280 g/mol. The Hall–Kier alpha value is -2.75. The number of ether oxygens (including phenoxy) is 2. The Balaban J connectivity index is 2.16. The third-order valence-corrected chi connectivity index (χ3v) is 3.61. The zero-order chi connectivity index (χ0) is 15.7. The molecule has 2 aromatic carbocycles. The van der Waals surface area contributed by atoms with Gasteiger partial charge >= 0.3 is 11.3 Å². The van der Waals surface area contributed by atoms with Crippen molar-refractivity contribution in [1.29, 1.82) is 0 Å². The van der Waals surface area contributed by atoms with E-state index in [1.807, 2.05) is 37.3 Å². The summed E-state index contributed by atoms with van der Waals surface area (Å²) in [5.74, 6) is 2.07. The number of aryl methyl sites for hydroxylation is 1. The van der Waals surface area contributed by atoms with Crippen LogP contribution < -0.4 is 9.47 Å². The lowest BCUT2D eigenvalue weighted by atomic mass is 10.1. The summed E-state index contributed by atoms with van der Waals surface area (Å²) < 4.78 is 16.3. The molecule has 0 atom stereocenters. The fraction of sp³-hybridized carbons (Fsp3) is 0.167. The van der Waals surface area contributed by atoms with Gasteiger partial charge < -0.3 is 14.6 Å². The van der Waals surface area contributed by atoms with Crippen LogP contribution in [0.15, 0.2) is 46.9 Å². The second-order valence-electron chi connectivity index (χ2n) is 5.05. The molecule has 0 amide bonds. The lowest BCUT2D eigenvalue weighted by Crippen LogP contribution is -1.88. The minimum absolute atomic E-state index is 0.0989. The second kappa shape index (κ2) is 5.56. The minimum Gasteiger partial charge on any atom is -0.504 e. The van der Waals surface area contributed by atoms with Gasteiger partial charge in [-0.2, -0.15) is 0 Å². The van der Waals surface area contributed by atoms with Crippen LogP contribution in [0.1, 0.15) is 5.56 Å². The minimum atomic E-state index is 0.0989. The molecule has 3 rings (SSSR count). The Morgan fingerprint density at radius 1 is 0.955 bits per heavy atom. The van der Waals surface area contributed by atoms with E-state index in [1.165, 1.54) is 7.11 Å². The van der Waals surface area contributed by atoms with E-state index in [0.29, 0.717) is 11.3 Å². The lowest BCUT2D eigenvalue weighted by Gasteiger charge is -2.03. The first kappa shape index (κ1) is 14.2. The molecule has 0 fully saturated rings. The van der Waals surface area contributed by atoms with Gasteiger partial charge in [-0.1, -0.05) is 0 Å². The third-order valence-electron chi connectivity index (χ3n) is 3.61. The van der Waals surface area contributed by atoms with Crippen molar-refractivity contribution in [3.8, 4) is 28.6 Å². The lowest BCUT2D eigenvalue weighted by molar-refractivity contribution is 0.373. The fourth-order valence-electron chi connectivity index (χ4n) is 2.45. The Kier molecular flexibility index (Phi) is 3.59. The molecule has 112 valence electrons. The highest BCUT2D eigenvalue weighted by Crippen LogP contribution is 2.35. The van der Waals surface area contributed by atoms with E-state index >= 15 is 0 Å². The summed E-state index contributed by atoms with van der Waals surface area (Å²) in [6, 6.07) is 13.0. The zero-order valence-corrected chi connectivity index (χ0v) is 12.7. The van der Waals surface area contributed by atoms with E-state index in [-0.39, 0.29) is 5.75 Å². The SMILES string of the molecule is COc1ccc(-c2[o+]c3cc(OC)c(O)cc3cc2C)cc1. The monoisotopic (exact) mass is 297 g/mol. The van der Waals surface area contributed by atoms with Crippen molar-refractivity contribution in [2.75, 3.05) is 14.2 Å². The Labute approximate surface area is 128 Å². The molecule has 0 aliphatic rings. The number of hydrogen-bond donors (Lipinski definition) is 1. The number of hydrogen-bond acceptors (Lipinski definition) is 3. The predicted octanol–water partition coefficient (Wildman–Crippen LogP) is 4.41. The van der Waals surface area contributed by atoms with Crippen LogP contribution in [-0.4, -0.2) is 19.3 Å². The van der Waals surface area contributed by atoms with Gasteiger partial charge in [0.2, 0.25) is 0 Å². The van der Waals surface area contributed by atoms with Crippen molar-refractivity contribution in [1.82, 2.24) is 0 Å². The van der Waals surface area contributed by atoms with Gasteiger partial charge in [-0.05, 0) is 37.3 Å². The summed E-state index contributed by atoms with van der Waals surface area (Å²) in [6.45, 7) is 1.98. The summed E-state index contributed by atoms with van der Waals surface area (Å²) >= 11 is 0. The van der Waals surface area contributed by atoms with E-state index < -0.39 is 0 Å². The summed E-state index contributed by atoms with van der Waals surface area (Å²) in [5, 5.41) is 10.7. The van der Waals surface area contributed by atoms with Gasteiger partial charge in [0.15, 0.2) is 11.5 Å². The number of fused-ring (bicyclic) bond motifs is 1. The van der Waals surface area contributed by atoms with Crippen LogP contribution in [0.3, 0.4) is 0 Å². The van der Waals surface area contributed by atoms with E-state index in [2.05, 4.69) is 0 Å². The van der Waals surface area contributed by atoms with E-state index in [9.17, 15) is 5.11 Å². The van der Waals surface area contributed by atoms with Gasteiger partial charge in [-0.25, -0.2) is 4.42 Å². The van der Waals surface area contributed by atoms with Gasteiger partial charge in [0, 0.05) is 6.07 Å². The van der Waals surface area contributed by atoms with Gasteiger partial charge in [-0.3, -0.25) is 0 Å². The van der Waals surface area contributed by atoms with Gasteiger partial charge in [-0.15, -0.1) is 0 Å². The molecular formula is C18H17O4+. The molecule has 22 heavy (non-hydrogen) atoms. The quantitative estimate of drug-likeness (QED) is 0.727. The maximum absolute atomic E-state index is 9.86. The largest absolute Gasteiger partial charge is 0.504 e. The van der Waals surface area contributed by atoms with Gasteiger partial charge in [0.05, 0.1) is 36.8 Å². The standard InChI is InChI=1S/C18H16O4/c1-11-8-13-9-15(19)17(21-3)10-16(13)22-18(11)12-4-6-14(20-2)7-5-12/h4-10H,1-3H3/p+1. The van der Waals surface area contributed by atoms with E-state index in [4.69, 9.17) is 13.9 Å². The Morgan fingerprint density at radius 2 is 1.68 bits per heavy atom. The number of methoxy groups -OCH3 is 2. The molecule has 1 aromatic heterocycles. The summed E-state index contributed by atoms with van der Waals surface area (Å²) in [4.78, 5) is 0. The summed E-state index contributed by atoms with van der Waals surface area (Å²) in [6.07, 6.45) is 0. The van der Waals surface area contributed by atoms with Gasteiger partial charge in [0.25, 0.3) is 0 Å². The fourth-order valence-corrected chi connectivity index (χ4v) is 2.45. The highest BCUT2D eigenvalue weighted by Gasteiger charge is 2.21. The predicted molar refractivity (Wildman–Crippen MR) is 85.6 cm³/mol. The number of benzene rings is 2. The molecule has 1 heterocycles. The van der Waals surface area contributed by atoms with Crippen molar-refractivity contribution in [3.05, 3.63) is 48.0 Å². The van der Waals surface area contributed by atoms with E-state index in [0.717, 1.165) is 28.0 Å². The molecule has 0 radical (unpaired) electrons. The number of phenols is 1. The van der Waals surface area contributed by atoms with Crippen LogP contribution in [0.5, 0.6) is 17.2 Å². The van der Waals surface area contributed by atoms with Crippen molar-refractivity contribution in [2.24, 2.45) is 0 Å². The third kappa shape index (κ3) is 2.44. The van der Waals surface area contributed by atoms with E-state index in [1.54, 1.807) is 19.2 Å². The second-order valence-corrected chi connectivity index (χ2v) is 5.05. The van der Waals surface area contributed by atoms with Crippen LogP contribution in [0.4, 0.5) is 0 Å². The summed E-state index contributed by atoms with van der Waals surface area (Å²) in [5.41, 5.74) is 2.61. The van der Waals surface area contributed by atoms with Crippen LogP contribution >= 0.6 is 0 Å². The first-order valence-electron chi connectivity index (χ1n) is 6.91. The number of rotatable bonds is 3. The summed E-state index contributed by atoms with van der Waals surface area (Å²) in [7, 11) is 3.15. The highest BCUT2D eigenvalue weighted by atomic mass is 16.5. The molecule has 4 nitrogen and oxygen atoms in total. The molecule has 3 aromatic rings. The molecule has 0 aliphatic heterocycles. The van der Waals surface area contributed by atoms with Crippen molar-refractivity contribution in [2.45, 2.75) is 6.92 Å². The highest BCUT2D eigenvalue weighted by molar-refractivity contribution is 5.83. The Morgan fingerprint density at radius 3 is 2.32 bits per heavy atom. The first-order valence-corrected chi connectivity index (χ1v) is 6.91. The molecule has 4 heteroatoms. The molecule has 0 aliphatic carbocycles. The van der Waals surface area contributed by atoms with Gasteiger partial charge in [0.1, 0.15) is 5.75 Å². The molecule has 0 saturated heterocycles. The molecule has 0 bridgehead atoms. The zero-order valence-electron chi connectivity index (χ0n) is 12.7. The van der Waals surface area contributed by atoms with Crippen LogP contribution in [0.25, 0.3) is 22.3 Å². The average molecular weight is 297 g/mol. The van der Waals surface area contributed by atoms with Crippen molar-refractivity contribution < 1.29 is 19.0 Å². The van der Waals surface area contributed by atoms with Crippen LogP contribution in [-0.2, 0) is 0 Å². The molecule has 0 saturated carbocycles.